The molecule has 0 heterocycles. The molecule has 3 nitrogen and oxygen atoms in total. The highest BCUT2D eigenvalue weighted by atomic mass is 16.3. The van der Waals surface area contributed by atoms with E-state index in [0.29, 0.717) is 0 Å². The third-order valence-electron chi connectivity index (χ3n) is 3.53. The van der Waals surface area contributed by atoms with Crippen molar-refractivity contribution in [2.75, 3.05) is 0 Å². The van der Waals surface area contributed by atoms with Crippen LogP contribution < -0.4 is 5.32 Å². The number of aliphatic hydroxyl groups excluding tert-OH is 1. The van der Waals surface area contributed by atoms with Crippen LogP contribution >= 0.6 is 0 Å². The Kier molecular flexibility index (Phi) is 3.06. The molecule has 80 valence electrons. The normalized spacial score (nSPS) is 33.5. The molecule has 0 saturated heterocycles. The van der Waals surface area contributed by atoms with E-state index in [9.17, 15) is 9.90 Å². The van der Waals surface area contributed by atoms with Gasteiger partial charge in [0.1, 0.15) is 0 Å². The van der Waals surface area contributed by atoms with Crippen LogP contribution in [0.1, 0.15) is 44.9 Å². The van der Waals surface area contributed by atoms with Crippen molar-refractivity contribution in [3.63, 3.8) is 0 Å². The van der Waals surface area contributed by atoms with Gasteiger partial charge in [0.25, 0.3) is 0 Å². The van der Waals surface area contributed by atoms with Gasteiger partial charge in [0.05, 0.1) is 12.1 Å². The van der Waals surface area contributed by atoms with Crippen LogP contribution in [-0.2, 0) is 4.79 Å². The van der Waals surface area contributed by atoms with E-state index in [2.05, 4.69) is 5.32 Å². The monoisotopic (exact) mass is 197 g/mol. The highest BCUT2D eigenvalue weighted by Gasteiger charge is 2.30. The van der Waals surface area contributed by atoms with Gasteiger partial charge in [-0.2, -0.15) is 0 Å². The Labute approximate surface area is 84.9 Å². The van der Waals surface area contributed by atoms with Crippen LogP contribution in [0.25, 0.3) is 0 Å². The molecule has 0 aromatic heterocycles. The van der Waals surface area contributed by atoms with E-state index in [0.717, 1.165) is 32.1 Å². The average molecular weight is 197 g/mol. The molecule has 2 aliphatic carbocycles. The van der Waals surface area contributed by atoms with Gasteiger partial charge in [0, 0.05) is 5.92 Å². The largest absolute Gasteiger partial charge is 0.391 e. The first kappa shape index (κ1) is 9.97. The summed E-state index contributed by atoms with van der Waals surface area (Å²) in [6.45, 7) is 0. The van der Waals surface area contributed by atoms with E-state index in [1.165, 1.54) is 12.8 Å². The van der Waals surface area contributed by atoms with Crippen LogP contribution in [-0.4, -0.2) is 23.2 Å². The molecule has 3 heteroatoms. The minimum absolute atomic E-state index is 0.0306. The Morgan fingerprint density at radius 1 is 1.07 bits per heavy atom. The summed E-state index contributed by atoms with van der Waals surface area (Å²) in [7, 11) is 0. The van der Waals surface area contributed by atoms with Crippen LogP contribution in [0, 0.1) is 5.92 Å². The molecule has 2 fully saturated rings. The Hall–Kier alpha value is -0.570. The summed E-state index contributed by atoms with van der Waals surface area (Å²) in [5.74, 6) is 0.399. The lowest BCUT2D eigenvalue weighted by atomic mass is 10.1. The summed E-state index contributed by atoms with van der Waals surface area (Å²) in [5, 5.41) is 12.5. The summed E-state index contributed by atoms with van der Waals surface area (Å²) in [5.41, 5.74) is 0. The maximum absolute atomic E-state index is 11.7. The smallest absolute Gasteiger partial charge is 0.223 e. The molecule has 0 radical (unpaired) electrons. The highest BCUT2D eigenvalue weighted by Crippen LogP contribution is 2.26. The Bertz CT molecular complexity index is 211. The zero-order valence-corrected chi connectivity index (χ0v) is 8.54. The molecule has 0 aromatic rings. The third kappa shape index (κ3) is 2.08. The van der Waals surface area contributed by atoms with E-state index in [1.54, 1.807) is 0 Å². The van der Waals surface area contributed by atoms with Crippen LogP contribution in [0.15, 0.2) is 0 Å². The van der Waals surface area contributed by atoms with Gasteiger partial charge in [0.2, 0.25) is 5.91 Å². The van der Waals surface area contributed by atoms with E-state index in [-0.39, 0.29) is 24.0 Å². The second-order valence-electron chi connectivity index (χ2n) is 4.59. The first-order chi connectivity index (χ1) is 6.77. The molecule has 2 aliphatic rings. The number of nitrogens with one attached hydrogen (secondary N) is 1. The van der Waals surface area contributed by atoms with Crippen LogP contribution in [0.5, 0.6) is 0 Å². The van der Waals surface area contributed by atoms with Crippen molar-refractivity contribution in [1.29, 1.82) is 0 Å². The van der Waals surface area contributed by atoms with Crippen molar-refractivity contribution in [2.24, 2.45) is 5.92 Å². The Balaban J connectivity index is 1.81. The maximum atomic E-state index is 11.7. The fourth-order valence-electron chi connectivity index (χ4n) is 2.60. The van der Waals surface area contributed by atoms with Gasteiger partial charge in [-0.05, 0) is 32.1 Å². The summed E-state index contributed by atoms with van der Waals surface area (Å²) in [6.07, 6.45) is 6.96. The summed E-state index contributed by atoms with van der Waals surface area (Å²) in [6, 6.07) is 0.0306. The topological polar surface area (TPSA) is 49.3 Å². The summed E-state index contributed by atoms with van der Waals surface area (Å²) < 4.78 is 0. The van der Waals surface area contributed by atoms with Crippen LogP contribution in [0.2, 0.25) is 0 Å². The predicted molar refractivity (Wildman–Crippen MR) is 53.7 cm³/mol. The second kappa shape index (κ2) is 4.30. The first-order valence-electron chi connectivity index (χ1n) is 5.76. The average Bonchev–Trinajstić information content (AvgIpc) is 2.77. The maximum Gasteiger partial charge on any atom is 0.223 e. The molecule has 2 saturated carbocycles. The standard InChI is InChI=1S/C11H19NO2/c13-10-7-3-6-9(10)12-11(14)8-4-1-2-5-8/h8-10,13H,1-7H2,(H,12,14). The van der Waals surface area contributed by atoms with Gasteiger partial charge < -0.3 is 10.4 Å². The van der Waals surface area contributed by atoms with Gasteiger partial charge in [-0.25, -0.2) is 0 Å². The minimum atomic E-state index is -0.305. The van der Waals surface area contributed by atoms with Crippen LogP contribution in [0.3, 0.4) is 0 Å². The van der Waals surface area contributed by atoms with E-state index in [4.69, 9.17) is 0 Å². The molecule has 14 heavy (non-hydrogen) atoms. The number of carbonyl (C=O) groups is 1. The lowest BCUT2D eigenvalue weighted by Crippen LogP contribution is -2.42. The Morgan fingerprint density at radius 2 is 1.79 bits per heavy atom. The number of hydrogen-bond acceptors (Lipinski definition) is 2. The molecule has 0 aromatic carbocycles. The minimum Gasteiger partial charge on any atom is -0.391 e. The van der Waals surface area contributed by atoms with Crippen molar-refractivity contribution >= 4 is 5.91 Å². The first-order valence-corrected chi connectivity index (χ1v) is 5.76. The van der Waals surface area contributed by atoms with Gasteiger partial charge in [0.15, 0.2) is 0 Å². The lowest BCUT2D eigenvalue weighted by molar-refractivity contribution is -0.126. The molecule has 2 unspecified atom stereocenters. The summed E-state index contributed by atoms with van der Waals surface area (Å²) >= 11 is 0. The SMILES string of the molecule is O=C(NC1CCCC1O)C1CCCC1. The molecular formula is C11H19NO2. The zero-order valence-electron chi connectivity index (χ0n) is 8.54. The molecule has 1 amide bonds. The number of rotatable bonds is 2. The highest BCUT2D eigenvalue weighted by molar-refractivity contribution is 5.79. The number of amides is 1. The molecule has 0 spiro atoms. The van der Waals surface area contributed by atoms with Crippen molar-refractivity contribution < 1.29 is 9.90 Å². The quantitative estimate of drug-likeness (QED) is 0.699. The number of hydrogen-bond donors (Lipinski definition) is 2. The van der Waals surface area contributed by atoms with Gasteiger partial charge >= 0.3 is 0 Å². The number of aliphatic hydroxyl groups is 1. The van der Waals surface area contributed by atoms with Crippen LogP contribution in [0.4, 0.5) is 0 Å². The third-order valence-corrected chi connectivity index (χ3v) is 3.53. The molecule has 0 bridgehead atoms. The van der Waals surface area contributed by atoms with Crippen molar-refractivity contribution in [2.45, 2.75) is 57.1 Å². The second-order valence-corrected chi connectivity index (χ2v) is 4.59. The van der Waals surface area contributed by atoms with Crippen molar-refractivity contribution in [3.05, 3.63) is 0 Å². The number of carbonyl (C=O) groups excluding carboxylic acids is 1. The lowest BCUT2D eigenvalue weighted by Gasteiger charge is -2.18. The van der Waals surface area contributed by atoms with Crippen molar-refractivity contribution in [3.8, 4) is 0 Å². The van der Waals surface area contributed by atoms with Gasteiger partial charge in [-0.3, -0.25) is 4.79 Å². The molecule has 0 aliphatic heterocycles. The van der Waals surface area contributed by atoms with E-state index >= 15 is 0 Å². The summed E-state index contributed by atoms with van der Waals surface area (Å²) in [4.78, 5) is 11.7. The molecule has 2 rings (SSSR count). The molecule has 2 N–H and O–H groups in total. The fourth-order valence-corrected chi connectivity index (χ4v) is 2.60. The van der Waals surface area contributed by atoms with Gasteiger partial charge in [-0.1, -0.05) is 12.8 Å². The van der Waals surface area contributed by atoms with E-state index < -0.39 is 0 Å². The Morgan fingerprint density at radius 3 is 2.36 bits per heavy atom. The van der Waals surface area contributed by atoms with E-state index in [1.807, 2.05) is 0 Å². The fraction of sp³-hybridized carbons (Fsp3) is 0.909. The predicted octanol–water partition coefficient (Wildman–Crippen LogP) is 1.21. The van der Waals surface area contributed by atoms with Crippen molar-refractivity contribution in [1.82, 2.24) is 5.32 Å². The van der Waals surface area contributed by atoms with Gasteiger partial charge in [-0.15, -0.1) is 0 Å². The molecule has 2 atom stereocenters. The zero-order chi connectivity index (χ0) is 9.97. The molecular weight excluding hydrogens is 178 g/mol.